The Morgan fingerprint density at radius 1 is 1.10 bits per heavy atom. The molecule has 0 radical (unpaired) electrons. The smallest absolute Gasteiger partial charge is 0.404 e. The lowest BCUT2D eigenvalue weighted by Crippen LogP contribution is -2.58. The summed E-state index contributed by atoms with van der Waals surface area (Å²) < 4.78 is 15.1. The number of hydrogen-bond acceptors (Lipinski definition) is 6. The largest absolute Gasteiger partial charge is 0.494 e. The average Bonchev–Trinajstić information content (AvgIpc) is 3.51. The van der Waals surface area contributed by atoms with Gasteiger partial charge in [-0.05, 0) is 61.3 Å². The van der Waals surface area contributed by atoms with Crippen LogP contribution in [0.3, 0.4) is 0 Å². The van der Waals surface area contributed by atoms with E-state index in [4.69, 9.17) is 25.9 Å². The number of benzene rings is 1. The average molecular weight is 551 g/mol. The van der Waals surface area contributed by atoms with Crippen molar-refractivity contribution >= 4 is 28.9 Å². The van der Waals surface area contributed by atoms with Crippen LogP contribution in [0.4, 0.5) is 4.79 Å². The normalized spacial score (nSPS) is 19.6. The van der Waals surface area contributed by atoms with Crippen molar-refractivity contribution in [3.63, 3.8) is 0 Å². The standard InChI is InChI=1S/C29H38N6O5/c1-29(2,3)24-21(40-28(31)38)7-6-12-34(24)27(37)17-13-18-23(22(14-17)39-5)33(4)26(32-18)20-11-10-19(25(30)36)35(20)15-16-8-9-16/h10-11,13-14,16,21,24H,6-9,12,15H2,1-5H3,(H2,30,36)(H2,31,38). The Morgan fingerprint density at radius 2 is 1.82 bits per heavy atom. The second-order valence-electron chi connectivity index (χ2n) is 12.0. The molecule has 11 heteroatoms. The summed E-state index contributed by atoms with van der Waals surface area (Å²) in [5.74, 6) is 0.988. The fraction of sp³-hybridized carbons (Fsp3) is 0.517. The number of amides is 3. The molecule has 2 aliphatic rings. The number of carbonyl (C=O) groups is 3. The maximum Gasteiger partial charge on any atom is 0.404 e. The number of nitrogens with two attached hydrogens (primary N) is 2. The SMILES string of the molecule is COc1cc(C(=O)N2CCCC(OC(N)=O)C2C(C)(C)C)cc2nc(-c3ccc(C(N)=O)n3CC3CC3)n(C)c12. The minimum atomic E-state index is -0.844. The second kappa shape index (κ2) is 10.2. The van der Waals surface area contributed by atoms with E-state index in [0.717, 1.165) is 24.1 Å². The predicted molar refractivity (Wildman–Crippen MR) is 150 cm³/mol. The zero-order chi connectivity index (χ0) is 28.9. The molecule has 40 heavy (non-hydrogen) atoms. The Morgan fingerprint density at radius 3 is 2.42 bits per heavy atom. The van der Waals surface area contributed by atoms with Crippen molar-refractivity contribution in [2.24, 2.45) is 29.8 Å². The van der Waals surface area contributed by atoms with E-state index in [1.807, 2.05) is 43.0 Å². The number of imidazole rings is 1. The summed E-state index contributed by atoms with van der Waals surface area (Å²) >= 11 is 0. The Bertz CT molecular complexity index is 1480. The molecule has 1 saturated heterocycles. The van der Waals surface area contributed by atoms with Gasteiger partial charge in [0.25, 0.3) is 11.8 Å². The van der Waals surface area contributed by atoms with Crippen molar-refractivity contribution in [3.8, 4) is 17.3 Å². The fourth-order valence-corrected chi connectivity index (χ4v) is 6.10. The molecule has 3 aromatic rings. The molecule has 1 aliphatic heterocycles. The van der Waals surface area contributed by atoms with Gasteiger partial charge in [-0.15, -0.1) is 0 Å². The molecule has 3 amide bonds. The van der Waals surface area contributed by atoms with Gasteiger partial charge in [0.1, 0.15) is 23.1 Å². The van der Waals surface area contributed by atoms with Crippen LogP contribution in [-0.2, 0) is 18.3 Å². The van der Waals surface area contributed by atoms with Crippen molar-refractivity contribution in [1.29, 1.82) is 0 Å². The van der Waals surface area contributed by atoms with Gasteiger partial charge in [0.2, 0.25) is 0 Å². The summed E-state index contributed by atoms with van der Waals surface area (Å²) in [4.78, 5) is 44.5. The van der Waals surface area contributed by atoms with E-state index in [1.54, 1.807) is 30.2 Å². The number of primary amides is 2. The molecule has 2 unspecified atom stereocenters. The number of rotatable bonds is 7. The summed E-state index contributed by atoms with van der Waals surface area (Å²) in [5.41, 5.74) is 13.7. The number of ether oxygens (including phenoxy) is 2. The van der Waals surface area contributed by atoms with Crippen LogP contribution in [0.5, 0.6) is 5.75 Å². The topological polar surface area (TPSA) is 148 Å². The van der Waals surface area contributed by atoms with E-state index in [-0.39, 0.29) is 17.4 Å². The molecule has 0 spiro atoms. The summed E-state index contributed by atoms with van der Waals surface area (Å²) in [7, 11) is 3.45. The number of fused-ring (bicyclic) bond motifs is 1. The molecule has 214 valence electrons. The van der Waals surface area contributed by atoms with Crippen molar-refractivity contribution in [1.82, 2.24) is 19.0 Å². The lowest BCUT2D eigenvalue weighted by atomic mass is 9.78. The van der Waals surface area contributed by atoms with Crippen molar-refractivity contribution in [3.05, 3.63) is 35.5 Å². The van der Waals surface area contributed by atoms with Crippen LogP contribution in [0.2, 0.25) is 0 Å². The van der Waals surface area contributed by atoms with E-state index in [2.05, 4.69) is 0 Å². The lowest BCUT2D eigenvalue weighted by Gasteiger charge is -2.47. The van der Waals surface area contributed by atoms with Crippen molar-refractivity contribution < 1.29 is 23.9 Å². The number of piperidine rings is 1. The third-order valence-electron chi connectivity index (χ3n) is 7.99. The monoisotopic (exact) mass is 550 g/mol. The lowest BCUT2D eigenvalue weighted by molar-refractivity contribution is -0.0352. The van der Waals surface area contributed by atoms with Crippen LogP contribution in [0, 0.1) is 11.3 Å². The first kappa shape index (κ1) is 27.5. The van der Waals surface area contributed by atoms with E-state index in [0.29, 0.717) is 60.2 Å². The summed E-state index contributed by atoms with van der Waals surface area (Å²) in [6, 6.07) is 6.74. The molecule has 4 N–H and O–H groups in total. The molecule has 1 saturated carbocycles. The first-order valence-corrected chi connectivity index (χ1v) is 13.7. The van der Waals surface area contributed by atoms with Crippen molar-refractivity contribution in [2.45, 2.75) is 65.1 Å². The highest BCUT2D eigenvalue weighted by molar-refractivity contribution is 6.00. The maximum atomic E-state index is 14.0. The highest BCUT2D eigenvalue weighted by Crippen LogP contribution is 2.38. The Balaban J connectivity index is 1.57. The number of methoxy groups -OCH3 is 1. The summed E-state index contributed by atoms with van der Waals surface area (Å²) in [6.07, 6.45) is 2.21. The van der Waals surface area contributed by atoms with Gasteiger partial charge >= 0.3 is 6.09 Å². The fourth-order valence-electron chi connectivity index (χ4n) is 6.10. The van der Waals surface area contributed by atoms with E-state index < -0.39 is 18.1 Å². The molecule has 2 aromatic heterocycles. The first-order chi connectivity index (χ1) is 18.9. The van der Waals surface area contributed by atoms with Gasteiger partial charge in [0.15, 0.2) is 5.82 Å². The summed E-state index contributed by atoms with van der Waals surface area (Å²) in [6.45, 7) is 7.28. The Labute approximate surface area is 233 Å². The zero-order valence-corrected chi connectivity index (χ0v) is 23.8. The molecule has 1 aromatic carbocycles. The molecule has 2 fully saturated rings. The third-order valence-corrected chi connectivity index (χ3v) is 7.99. The van der Waals surface area contributed by atoms with Gasteiger partial charge in [0, 0.05) is 25.7 Å². The number of carbonyl (C=O) groups excluding carboxylic acids is 3. The summed E-state index contributed by atoms with van der Waals surface area (Å²) in [5, 5.41) is 0. The highest BCUT2D eigenvalue weighted by atomic mass is 16.6. The quantitative estimate of drug-likeness (QED) is 0.459. The Hall–Kier alpha value is -4.02. The minimum Gasteiger partial charge on any atom is -0.494 e. The third kappa shape index (κ3) is 5.00. The predicted octanol–water partition coefficient (Wildman–Crippen LogP) is 3.67. The van der Waals surface area contributed by atoms with Gasteiger partial charge < -0.3 is 35.0 Å². The first-order valence-electron chi connectivity index (χ1n) is 13.7. The maximum absolute atomic E-state index is 14.0. The van der Waals surface area contributed by atoms with Crippen LogP contribution in [0.25, 0.3) is 22.6 Å². The van der Waals surface area contributed by atoms with Gasteiger partial charge in [0.05, 0.1) is 24.4 Å². The molecule has 0 bridgehead atoms. The second-order valence-corrected chi connectivity index (χ2v) is 12.0. The van der Waals surface area contributed by atoms with Crippen LogP contribution in [0.15, 0.2) is 24.3 Å². The van der Waals surface area contributed by atoms with Gasteiger partial charge in [-0.25, -0.2) is 9.78 Å². The Kier molecular flexibility index (Phi) is 7.01. The zero-order valence-electron chi connectivity index (χ0n) is 23.8. The number of aryl methyl sites for hydroxylation is 1. The number of likely N-dealkylation sites (tertiary alicyclic amines) is 1. The van der Waals surface area contributed by atoms with Crippen LogP contribution in [0.1, 0.15) is 67.3 Å². The molecular formula is C29H38N6O5. The van der Waals surface area contributed by atoms with Crippen LogP contribution < -0.4 is 16.2 Å². The minimum absolute atomic E-state index is 0.196. The van der Waals surface area contributed by atoms with Crippen molar-refractivity contribution in [2.75, 3.05) is 13.7 Å². The van der Waals surface area contributed by atoms with Gasteiger partial charge in [-0.3, -0.25) is 9.59 Å². The molecule has 2 atom stereocenters. The van der Waals surface area contributed by atoms with E-state index in [1.165, 1.54) is 0 Å². The number of nitrogens with zero attached hydrogens (tertiary/aromatic N) is 4. The van der Waals surface area contributed by atoms with Gasteiger partial charge in [-0.2, -0.15) is 0 Å². The van der Waals surface area contributed by atoms with Gasteiger partial charge in [-0.1, -0.05) is 20.8 Å². The molecule has 11 nitrogen and oxygen atoms in total. The van der Waals surface area contributed by atoms with Crippen LogP contribution in [-0.4, -0.2) is 62.7 Å². The molecule has 5 rings (SSSR count). The van der Waals surface area contributed by atoms with E-state index in [9.17, 15) is 14.4 Å². The number of aromatic nitrogens is 3. The highest BCUT2D eigenvalue weighted by Gasteiger charge is 2.44. The molecule has 3 heterocycles. The number of hydrogen-bond donors (Lipinski definition) is 2. The molecule has 1 aliphatic carbocycles. The van der Waals surface area contributed by atoms with Crippen LogP contribution >= 0.6 is 0 Å². The molecular weight excluding hydrogens is 512 g/mol. The van der Waals surface area contributed by atoms with E-state index >= 15 is 0 Å².